The number of allylic oxidation sites excluding steroid dienone is 2. The summed E-state index contributed by atoms with van der Waals surface area (Å²) in [7, 11) is 0. The van der Waals surface area contributed by atoms with Crippen LogP contribution in [0.2, 0.25) is 0 Å². The largest absolute Gasteiger partial charge is 0.295 e. The minimum Gasteiger partial charge on any atom is -0.295 e. The molecule has 0 fully saturated rings. The minimum absolute atomic E-state index is 0.207. The van der Waals surface area contributed by atoms with Gasteiger partial charge in [0.1, 0.15) is 0 Å². The normalized spacial score (nSPS) is 12.7. The van der Waals surface area contributed by atoms with Crippen LogP contribution in [0, 0.1) is 0 Å². The molecule has 11 heavy (non-hydrogen) atoms. The van der Waals surface area contributed by atoms with Crippen LogP contribution in [-0.2, 0) is 4.79 Å². The van der Waals surface area contributed by atoms with Gasteiger partial charge >= 0.3 is 0 Å². The second kappa shape index (κ2) is 5.11. The van der Waals surface area contributed by atoms with Gasteiger partial charge in [0, 0.05) is 0 Å². The van der Waals surface area contributed by atoms with Crippen LogP contribution in [0.25, 0.3) is 0 Å². The van der Waals surface area contributed by atoms with Crippen molar-refractivity contribution in [3.05, 3.63) is 11.1 Å². The van der Waals surface area contributed by atoms with Gasteiger partial charge < -0.3 is 0 Å². The number of carbonyl (C=O) groups excluding carboxylic acids is 1. The summed E-state index contributed by atoms with van der Waals surface area (Å²) in [6.07, 6.45) is 3.46. The van der Waals surface area contributed by atoms with Crippen molar-refractivity contribution in [3.8, 4) is 0 Å². The molecule has 0 spiro atoms. The summed E-state index contributed by atoms with van der Waals surface area (Å²) in [5.41, 5.74) is 2.19. The summed E-state index contributed by atoms with van der Waals surface area (Å²) >= 11 is 0. The highest BCUT2D eigenvalue weighted by Crippen LogP contribution is 2.11. The molecule has 0 unspecified atom stereocenters. The molecular formula is C10H18O. The molecule has 0 aromatic carbocycles. The van der Waals surface area contributed by atoms with E-state index in [1.54, 1.807) is 6.92 Å². The van der Waals surface area contributed by atoms with E-state index in [0.29, 0.717) is 0 Å². The van der Waals surface area contributed by atoms with Crippen molar-refractivity contribution in [3.63, 3.8) is 0 Å². The average Bonchev–Trinajstić information content (AvgIpc) is 1.98. The highest BCUT2D eigenvalue weighted by Gasteiger charge is 2.00. The zero-order chi connectivity index (χ0) is 8.85. The van der Waals surface area contributed by atoms with Gasteiger partial charge in [0.2, 0.25) is 0 Å². The molecule has 1 heteroatoms. The van der Waals surface area contributed by atoms with Crippen LogP contribution in [-0.4, -0.2) is 5.78 Å². The van der Waals surface area contributed by atoms with Crippen molar-refractivity contribution in [2.24, 2.45) is 0 Å². The van der Waals surface area contributed by atoms with Crippen LogP contribution >= 0.6 is 0 Å². The van der Waals surface area contributed by atoms with E-state index in [1.165, 1.54) is 18.4 Å². The van der Waals surface area contributed by atoms with Gasteiger partial charge in [0.15, 0.2) is 5.78 Å². The van der Waals surface area contributed by atoms with Gasteiger partial charge in [-0.25, -0.2) is 0 Å². The number of ketones is 1. The van der Waals surface area contributed by atoms with E-state index in [0.717, 1.165) is 12.0 Å². The van der Waals surface area contributed by atoms with E-state index in [9.17, 15) is 4.79 Å². The fourth-order valence-electron chi connectivity index (χ4n) is 0.930. The van der Waals surface area contributed by atoms with E-state index in [2.05, 4.69) is 6.92 Å². The Morgan fingerprint density at radius 3 is 2.09 bits per heavy atom. The fraction of sp³-hybridized carbons (Fsp3) is 0.700. The highest BCUT2D eigenvalue weighted by atomic mass is 16.1. The summed E-state index contributed by atoms with van der Waals surface area (Å²) in [5, 5.41) is 0. The topological polar surface area (TPSA) is 17.1 Å². The predicted octanol–water partition coefficient (Wildman–Crippen LogP) is 3.10. The van der Waals surface area contributed by atoms with Crippen LogP contribution in [0.5, 0.6) is 0 Å². The summed E-state index contributed by atoms with van der Waals surface area (Å²) in [6, 6.07) is 0. The number of carbonyl (C=O) groups is 1. The highest BCUT2D eigenvalue weighted by molar-refractivity contribution is 5.93. The fourth-order valence-corrected chi connectivity index (χ4v) is 0.930. The van der Waals surface area contributed by atoms with Crippen LogP contribution in [0.1, 0.15) is 47.0 Å². The molecule has 0 heterocycles. The number of hydrogen-bond donors (Lipinski definition) is 0. The van der Waals surface area contributed by atoms with Crippen LogP contribution in [0.3, 0.4) is 0 Å². The molecule has 0 saturated carbocycles. The lowest BCUT2D eigenvalue weighted by Gasteiger charge is -2.02. The van der Waals surface area contributed by atoms with Crippen molar-refractivity contribution in [2.45, 2.75) is 47.0 Å². The smallest absolute Gasteiger partial charge is 0.155 e. The molecule has 0 aromatic heterocycles. The Bertz CT molecular complexity index is 166. The van der Waals surface area contributed by atoms with Gasteiger partial charge in [-0.3, -0.25) is 4.79 Å². The van der Waals surface area contributed by atoms with Crippen LogP contribution in [0.15, 0.2) is 11.1 Å². The molecular weight excluding hydrogens is 136 g/mol. The zero-order valence-electron chi connectivity index (χ0n) is 8.03. The van der Waals surface area contributed by atoms with Crippen molar-refractivity contribution in [1.29, 1.82) is 0 Å². The Morgan fingerprint density at radius 2 is 1.73 bits per heavy atom. The first-order valence-corrected chi connectivity index (χ1v) is 4.26. The Morgan fingerprint density at radius 1 is 1.18 bits per heavy atom. The Balaban J connectivity index is 4.05. The number of unbranched alkanes of at least 4 members (excludes halogenated alkanes) is 1. The predicted molar refractivity (Wildman–Crippen MR) is 48.6 cm³/mol. The maximum absolute atomic E-state index is 10.9. The van der Waals surface area contributed by atoms with Gasteiger partial charge in [-0.2, -0.15) is 0 Å². The molecule has 0 aliphatic heterocycles. The Hall–Kier alpha value is -0.590. The zero-order valence-corrected chi connectivity index (χ0v) is 8.03. The first-order chi connectivity index (χ1) is 5.09. The molecule has 0 rings (SSSR count). The first-order valence-electron chi connectivity index (χ1n) is 4.26. The second-order valence-corrected chi connectivity index (χ2v) is 3.07. The molecule has 0 radical (unpaired) electrons. The molecule has 0 aromatic rings. The second-order valence-electron chi connectivity index (χ2n) is 3.07. The third-order valence-corrected chi connectivity index (χ3v) is 2.07. The quantitative estimate of drug-likeness (QED) is 0.569. The van der Waals surface area contributed by atoms with E-state index in [-0.39, 0.29) is 5.78 Å². The molecule has 0 N–H and O–H groups in total. The van der Waals surface area contributed by atoms with Crippen molar-refractivity contribution in [2.75, 3.05) is 0 Å². The van der Waals surface area contributed by atoms with Crippen LogP contribution in [0.4, 0.5) is 0 Å². The van der Waals surface area contributed by atoms with Gasteiger partial charge in [-0.15, -0.1) is 0 Å². The van der Waals surface area contributed by atoms with Crippen molar-refractivity contribution >= 4 is 5.78 Å². The van der Waals surface area contributed by atoms with E-state index >= 15 is 0 Å². The first kappa shape index (κ1) is 10.4. The standard InChI is InChI=1S/C10H18O/c1-5-6-7-8(2)9(3)10(4)11/h5-7H2,1-4H3. The lowest BCUT2D eigenvalue weighted by atomic mass is 10.0. The third kappa shape index (κ3) is 3.97. The molecule has 0 saturated heterocycles. The van der Waals surface area contributed by atoms with Gasteiger partial charge in [-0.05, 0) is 39.2 Å². The van der Waals surface area contributed by atoms with E-state index in [1.807, 2.05) is 13.8 Å². The maximum Gasteiger partial charge on any atom is 0.155 e. The molecule has 1 nitrogen and oxygen atoms in total. The maximum atomic E-state index is 10.9. The third-order valence-electron chi connectivity index (χ3n) is 2.07. The van der Waals surface area contributed by atoms with Crippen LogP contribution < -0.4 is 0 Å². The Kier molecular flexibility index (Phi) is 4.84. The monoisotopic (exact) mass is 154 g/mol. The summed E-state index contributed by atoms with van der Waals surface area (Å²) in [6.45, 7) is 7.75. The van der Waals surface area contributed by atoms with Gasteiger partial charge in [0.25, 0.3) is 0 Å². The van der Waals surface area contributed by atoms with Gasteiger partial charge in [-0.1, -0.05) is 18.9 Å². The van der Waals surface area contributed by atoms with E-state index in [4.69, 9.17) is 0 Å². The molecule has 0 aliphatic carbocycles. The molecule has 0 bridgehead atoms. The average molecular weight is 154 g/mol. The summed E-state index contributed by atoms with van der Waals surface area (Å²) in [4.78, 5) is 10.9. The van der Waals surface area contributed by atoms with Crippen molar-refractivity contribution < 1.29 is 4.79 Å². The van der Waals surface area contributed by atoms with Gasteiger partial charge in [0.05, 0.1) is 0 Å². The lowest BCUT2D eigenvalue weighted by molar-refractivity contribution is -0.113. The van der Waals surface area contributed by atoms with Crippen molar-refractivity contribution in [1.82, 2.24) is 0 Å². The SMILES string of the molecule is CCCCC(C)=C(C)C(C)=O. The lowest BCUT2D eigenvalue weighted by Crippen LogP contribution is -1.95. The molecule has 0 atom stereocenters. The van der Waals surface area contributed by atoms with E-state index < -0.39 is 0 Å². The number of rotatable bonds is 4. The molecule has 0 aliphatic rings. The summed E-state index contributed by atoms with van der Waals surface area (Å²) < 4.78 is 0. The number of Topliss-reactive ketones (excluding diaryl/α,β-unsaturated/α-hetero) is 1. The number of hydrogen-bond acceptors (Lipinski definition) is 1. The molecule has 64 valence electrons. The minimum atomic E-state index is 0.207. The Labute approximate surface area is 69.5 Å². The molecule has 0 amide bonds. The summed E-state index contributed by atoms with van der Waals surface area (Å²) in [5.74, 6) is 0.207.